The van der Waals surface area contributed by atoms with E-state index in [1.54, 1.807) is 6.92 Å². The number of benzene rings is 3. The summed E-state index contributed by atoms with van der Waals surface area (Å²) in [5.74, 6) is -0.133. The zero-order valence-electron chi connectivity index (χ0n) is 18.9. The predicted molar refractivity (Wildman–Crippen MR) is 136 cm³/mol. The lowest BCUT2D eigenvalue weighted by Crippen LogP contribution is -2.44. The minimum atomic E-state index is -0.411. The van der Waals surface area contributed by atoms with Gasteiger partial charge in [-0.05, 0) is 43.2 Å². The van der Waals surface area contributed by atoms with Gasteiger partial charge in [-0.1, -0.05) is 72.8 Å². The molecule has 1 fully saturated rings. The molecule has 3 atom stereocenters. The first-order valence-corrected chi connectivity index (χ1v) is 11.7. The predicted octanol–water partition coefficient (Wildman–Crippen LogP) is 5.82. The first-order chi connectivity index (χ1) is 16.6. The summed E-state index contributed by atoms with van der Waals surface area (Å²) in [5, 5.41) is 1.08. The van der Waals surface area contributed by atoms with Crippen LogP contribution in [0, 0.1) is 5.92 Å². The molecule has 1 saturated heterocycles. The number of anilines is 1. The molecule has 4 nitrogen and oxygen atoms in total. The van der Waals surface area contributed by atoms with Crippen LogP contribution in [0.5, 0.6) is 0 Å². The molecule has 1 aromatic heterocycles. The van der Waals surface area contributed by atoms with E-state index in [0.29, 0.717) is 12.0 Å². The fraction of sp³-hybridized carbons (Fsp3) is 0.167. The van der Waals surface area contributed by atoms with E-state index in [9.17, 15) is 9.59 Å². The van der Waals surface area contributed by atoms with Crippen molar-refractivity contribution in [2.24, 2.45) is 5.92 Å². The molecule has 2 aliphatic heterocycles. The van der Waals surface area contributed by atoms with Crippen LogP contribution in [-0.2, 0) is 4.79 Å². The van der Waals surface area contributed by atoms with Gasteiger partial charge in [0.1, 0.15) is 5.78 Å². The van der Waals surface area contributed by atoms with Crippen LogP contribution < -0.4 is 4.90 Å². The van der Waals surface area contributed by atoms with Crippen molar-refractivity contribution >= 4 is 39.8 Å². The summed E-state index contributed by atoms with van der Waals surface area (Å²) in [6.07, 6.45) is 2.64. The van der Waals surface area contributed by atoms with Gasteiger partial charge in [0.15, 0.2) is 5.78 Å². The lowest BCUT2D eigenvalue weighted by atomic mass is 9.85. The van der Waals surface area contributed by atoms with Crippen molar-refractivity contribution in [2.45, 2.75) is 25.4 Å². The summed E-state index contributed by atoms with van der Waals surface area (Å²) < 4.78 is 0. The van der Waals surface area contributed by atoms with Crippen LogP contribution in [0.15, 0.2) is 91.0 Å². The van der Waals surface area contributed by atoms with E-state index in [1.807, 2.05) is 72.8 Å². The molecule has 0 spiro atoms. The topological polar surface area (TPSA) is 50.3 Å². The van der Waals surface area contributed by atoms with Crippen molar-refractivity contribution in [1.29, 1.82) is 0 Å². The van der Waals surface area contributed by atoms with Crippen LogP contribution in [0.1, 0.15) is 35.0 Å². The second-order valence-electron chi connectivity index (χ2n) is 9.10. The Morgan fingerprint density at radius 2 is 1.59 bits per heavy atom. The summed E-state index contributed by atoms with van der Waals surface area (Å²) in [7, 11) is 0. The van der Waals surface area contributed by atoms with Crippen molar-refractivity contribution in [3.8, 4) is 0 Å². The Labute approximate surface area is 198 Å². The number of hydrogen-bond acceptors (Lipinski definition) is 4. The van der Waals surface area contributed by atoms with Gasteiger partial charge in [-0.25, -0.2) is 4.98 Å². The number of fused-ring (bicyclic) bond motifs is 4. The minimum Gasteiger partial charge on any atom is -0.353 e. The summed E-state index contributed by atoms with van der Waals surface area (Å²) in [6, 6.07) is 29.0. The Bertz CT molecular complexity index is 1460. The largest absolute Gasteiger partial charge is 0.353 e. The van der Waals surface area contributed by atoms with Crippen molar-refractivity contribution in [2.75, 3.05) is 4.90 Å². The molecule has 0 N–H and O–H groups in total. The van der Waals surface area contributed by atoms with Crippen LogP contribution >= 0.6 is 0 Å². The third-order valence-corrected chi connectivity index (χ3v) is 7.12. The molecule has 166 valence electrons. The van der Waals surface area contributed by atoms with Crippen LogP contribution in [-0.4, -0.2) is 28.6 Å². The fourth-order valence-corrected chi connectivity index (χ4v) is 5.52. The van der Waals surface area contributed by atoms with Gasteiger partial charge in [-0.2, -0.15) is 0 Å². The molecule has 4 heteroatoms. The van der Waals surface area contributed by atoms with Crippen molar-refractivity contribution < 1.29 is 9.59 Å². The number of carbonyl (C=O) groups excluding carboxylic acids is 2. The molecule has 3 aromatic carbocycles. The SMILES string of the molecule is CC(=O)[C@H]1C[C@@H](C(=O)c2ccccc2)N2c3ccccc3C=C(c3ccc4ccccc4n3)[C@H]12. The third-order valence-electron chi connectivity index (χ3n) is 7.12. The number of nitrogens with zero attached hydrogens (tertiary/aromatic N) is 2. The maximum Gasteiger partial charge on any atom is 0.185 e. The lowest BCUT2D eigenvalue weighted by molar-refractivity contribution is -0.120. The van der Waals surface area contributed by atoms with Gasteiger partial charge >= 0.3 is 0 Å². The van der Waals surface area contributed by atoms with E-state index in [-0.39, 0.29) is 23.5 Å². The van der Waals surface area contributed by atoms with E-state index in [1.165, 1.54) is 0 Å². The normalized spacial score (nSPS) is 21.0. The van der Waals surface area contributed by atoms with Crippen molar-refractivity contribution in [3.05, 3.63) is 108 Å². The zero-order valence-corrected chi connectivity index (χ0v) is 18.9. The Morgan fingerprint density at radius 3 is 2.41 bits per heavy atom. The molecular formula is C30H24N2O2. The van der Waals surface area contributed by atoms with Gasteiger partial charge in [-0.15, -0.1) is 0 Å². The molecule has 4 aromatic rings. The van der Waals surface area contributed by atoms with E-state index in [2.05, 4.69) is 29.2 Å². The van der Waals surface area contributed by atoms with Gasteiger partial charge in [0.2, 0.25) is 0 Å². The molecule has 3 heterocycles. The molecule has 0 aliphatic carbocycles. The molecule has 0 amide bonds. The van der Waals surface area contributed by atoms with Crippen LogP contribution in [0.2, 0.25) is 0 Å². The van der Waals surface area contributed by atoms with E-state index >= 15 is 0 Å². The van der Waals surface area contributed by atoms with Crippen LogP contribution in [0.25, 0.3) is 22.6 Å². The zero-order chi connectivity index (χ0) is 23.2. The molecule has 0 unspecified atom stereocenters. The Morgan fingerprint density at radius 1 is 0.853 bits per heavy atom. The second-order valence-corrected chi connectivity index (χ2v) is 9.10. The first-order valence-electron chi connectivity index (χ1n) is 11.7. The number of pyridine rings is 1. The Hall–Kier alpha value is -4.05. The standard InChI is InChI=1S/C30H24N2O2/c1-19(33)23-18-28(30(34)21-10-3-2-4-11-21)32-27-14-8-6-12-22(27)17-24(29(23)32)26-16-15-20-9-5-7-13-25(20)31-26/h2-17,23,28-29H,18H2,1H3/t23-,28+,29+/m1/s1. The van der Waals surface area contributed by atoms with Gasteiger partial charge in [-0.3, -0.25) is 9.59 Å². The monoisotopic (exact) mass is 444 g/mol. The Balaban J connectivity index is 1.53. The maximum absolute atomic E-state index is 13.7. The molecule has 0 saturated carbocycles. The molecule has 34 heavy (non-hydrogen) atoms. The quantitative estimate of drug-likeness (QED) is 0.372. The van der Waals surface area contributed by atoms with E-state index in [4.69, 9.17) is 4.98 Å². The number of aromatic nitrogens is 1. The number of rotatable bonds is 4. The number of carbonyl (C=O) groups is 2. The highest BCUT2D eigenvalue weighted by molar-refractivity contribution is 6.07. The van der Waals surface area contributed by atoms with Crippen molar-refractivity contribution in [3.63, 3.8) is 0 Å². The lowest BCUT2D eigenvalue weighted by Gasteiger charge is -2.38. The number of Topliss-reactive ketones (excluding diaryl/α,β-unsaturated/α-hetero) is 2. The number of ketones is 2. The fourth-order valence-electron chi connectivity index (χ4n) is 5.52. The molecule has 0 bridgehead atoms. The highest BCUT2D eigenvalue weighted by atomic mass is 16.1. The molecule has 2 aliphatic rings. The summed E-state index contributed by atoms with van der Waals surface area (Å²) in [6.45, 7) is 1.64. The van der Waals surface area contributed by atoms with Crippen molar-refractivity contribution in [1.82, 2.24) is 4.98 Å². The summed E-state index contributed by atoms with van der Waals surface area (Å²) in [4.78, 5) is 33.8. The Kier molecular flexibility index (Phi) is 4.88. The highest BCUT2D eigenvalue weighted by Gasteiger charge is 2.50. The van der Waals surface area contributed by atoms with Crippen LogP contribution in [0.3, 0.4) is 0 Å². The smallest absolute Gasteiger partial charge is 0.185 e. The number of para-hydroxylation sites is 2. The average Bonchev–Trinajstić information content (AvgIpc) is 3.29. The molecule has 0 radical (unpaired) electrons. The summed E-state index contributed by atoms with van der Waals surface area (Å²) >= 11 is 0. The van der Waals surface area contributed by atoms with E-state index < -0.39 is 6.04 Å². The average molecular weight is 445 g/mol. The number of hydrogen-bond donors (Lipinski definition) is 0. The molecular weight excluding hydrogens is 420 g/mol. The maximum atomic E-state index is 13.7. The van der Waals surface area contributed by atoms with Gasteiger partial charge in [0.25, 0.3) is 0 Å². The second kappa shape index (κ2) is 8.07. The third kappa shape index (κ3) is 3.26. The summed E-state index contributed by atoms with van der Waals surface area (Å²) in [5.41, 5.74) is 5.47. The minimum absolute atomic E-state index is 0.0527. The van der Waals surface area contributed by atoms with Crippen LogP contribution in [0.4, 0.5) is 5.69 Å². The first kappa shape index (κ1) is 20.5. The highest BCUT2D eigenvalue weighted by Crippen LogP contribution is 2.47. The van der Waals surface area contributed by atoms with Gasteiger partial charge in [0, 0.05) is 28.1 Å². The van der Waals surface area contributed by atoms with Gasteiger partial charge in [0.05, 0.1) is 23.3 Å². The molecule has 6 rings (SSSR count). The van der Waals surface area contributed by atoms with Gasteiger partial charge < -0.3 is 4.90 Å². The van der Waals surface area contributed by atoms with E-state index in [0.717, 1.165) is 33.4 Å².